The molecular formula is C11H20N2O2S2. The van der Waals surface area contributed by atoms with Gasteiger partial charge in [-0.3, -0.25) is 0 Å². The number of nitrogens with zero attached hydrogens (tertiary/aromatic N) is 1. The highest BCUT2D eigenvalue weighted by Gasteiger charge is 2.17. The van der Waals surface area contributed by atoms with E-state index in [1.807, 2.05) is 7.05 Å². The lowest BCUT2D eigenvalue weighted by Crippen LogP contribution is -2.06. The number of hydrogen-bond donors (Lipinski definition) is 1. The molecule has 0 aliphatic heterocycles. The zero-order chi connectivity index (χ0) is 13.1. The highest BCUT2D eigenvalue weighted by molar-refractivity contribution is 7.90. The fourth-order valence-electron chi connectivity index (χ4n) is 1.50. The van der Waals surface area contributed by atoms with Crippen molar-refractivity contribution in [2.24, 2.45) is 0 Å². The highest BCUT2D eigenvalue weighted by atomic mass is 32.2. The Morgan fingerprint density at radius 2 is 2.06 bits per heavy atom. The summed E-state index contributed by atoms with van der Waals surface area (Å²) in [5.41, 5.74) is 1.02. The Balaban J connectivity index is 2.99. The van der Waals surface area contributed by atoms with Crippen LogP contribution in [0, 0.1) is 0 Å². The molecule has 0 saturated heterocycles. The molecule has 1 aromatic heterocycles. The average Bonchev–Trinajstić information content (AvgIpc) is 2.61. The molecule has 0 spiro atoms. The van der Waals surface area contributed by atoms with Gasteiger partial charge in [0, 0.05) is 17.2 Å². The van der Waals surface area contributed by atoms with Gasteiger partial charge < -0.3 is 5.32 Å². The van der Waals surface area contributed by atoms with Crippen molar-refractivity contribution in [1.29, 1.82) is 0 Å². The first-order valence-corrected chi connectivity index (χ1v) is 8.37. The summed E-state index contributed by atoms with van der Waals surface area (Å²) in [6, 6.07) is 0. The van der Waals surface area contributed by atoms with Gasteiger partial charge >= 0.3 is 0 Å². The fraction of sp³-hybridized carbons (Fsp3) is 0.727. The molecule has 0 aliphatic carbocycles. The first kappa shape index (κ1) is 14.6. The van der Waals surface area contributed by atoms with Gasteiger partial charge in [-0.2, -0.15) is 0 Å². The normalized spacial score (nSPS) is 12.3. The van der Waals surface area contributed by atoms with Crippen LogP contribution in [0.1, 0.15) is 42.3 Å². The van der Waals surface area contributed by atoms with Crippen molar-refractivity contribution in [3.8, 4) is 0 Å². The second-order valence-electron chi connectivity index (χ2n) is 4.28. The Morgan fingerprint density at radius 3 is 2.53 bits per heavy atom. The molecule has 1 aromatic rings. The Bertz CT molecular complexity index is 464. The number of rotatable bonds is 6. The summed E-state index contributed by atoms with van der Waals surface area (Å²) in [4.78, 5) is 5.60. The predicted molar refractivity (Wildman–Crippen MR) is 72.1 cm³/mol. The van der Waals surface area contributed by atoms with Crippen LogP contribution in [0.2, 0.25) is 0 Å². The zero-order valence-electron chi connectivity index (χ0n) is 10.8. The summed E-state index contributed by atoms with van der Waals surface area (Å²) in [7, 11) is -1.11. The van der Waals surface area contributed by atoms with Crippen LogP contribution < -0.4 is 5.32 Å². The van der Waals surface area contributed by atoms with Crippen molar-refractivity contribution < 1.29 is 8.42 Å². The van der Waals surface area contributed by atoms with Crippen molar-refractivity contribution >= 4 is 21.2 Å². The second-order valence-corrected chi connectivity index (χ2v) is 7.80. The van der Waals surface area contributed by atoms with Crippen molar-refractivity contribution in [2.75, 3.05) is 12.8 Å². The molecule has 0 radical (unpaired) electrons. The largest absolute Gasteiger partial charge is 0.315 e. The van der Waals surface area contributed by atoms with Gasteiger partial charge in [0.15, 0.2) is 9.84 Å². The van der Waals surface area contributed by atoms with Crippen LogP contribution in [0.5, 0.6) is 0 Å². The molecule has 6 heteroatoms. The van der Waals surface area contributed by atoms with E-state index in [4.69, 9.17) is 0 Å². The van der Waals surface area contributed by atoms with Gasteiger partial charge in [-0.25, -0.2) is 13.4 Å². The lowest BCUT2D eigenvalue weighted by molar-refractivity contribution is 0.596. The third-order valence-electron chi connectivity index (χ3n) is 2.44. The monoisotopic (exact) mass is 276 g/mol. The smallest absolute Gasteiger partial charge is 0.156 e. The van der Waals surface area contributed by atoms with E-state index in [1.54, 1.807) is 6.92 Å². The molecule has 0 atom stereocenters. The maximum atomic E-state index is 11.6. The summed E-state index contributed by atoms with van der Waals surface area (Å²) in [6.45, 7) is 6.57. The summed E-state index contributed by atoms with van der Waals surface area (Å²) in [5, 5.41) is 3.80. The summed E-state index contributed by atoms with van der Waals surface area (Å²) in [6.07, 6.45) is 0. The molecule has 0 unspecified atom stereocenters. The Hall–Kier alpha value is -0.460. The van der Waals surface area contributed by atoms with Gasteiger partial charge in [0.1, 0.15) is 10.8 Å². The molecule has 4 nitrogen and oxygen atoms in total. The van der Waals surface area contributed by atoms with Crippen LogP contribution in [0.4, 0.5) is 0 Å². The summed E-state index contributed by atoms with van der Waals surface area (Å²) < 4.78 is 23.1. The molecule has 0 bridgehead atoms. The molecule has 0 amide bonds. The van der Waals surface area contributed by atoms with E-state index in [-0.39, 0.29) is 11.5 Å². The topological polar surface area (TPSA) is 59.1 Å². The molecule has 0 aromatic carbocycles. The van der Waals surface area contributed by atoms with Crippen LogP contribution in [0.3, 0.4) is 0 Å². The Morgan fingerprint density at radius 1 is 1.41 bits per heavy atom. The van der Waals surface area contributed by atoms with Gasteiger partial charge in [0.05, 0.1) is 5.69 Å². The summed E-state index contributed by atoms with van der Waals surface area (Å²) >= 11 is 1.50. The van der Waals surface area contributed by atoms with E-state index in [0.717, 1.165) is 17.1 Å². The molecule has 0 saturated carbocycles. The van der Waals surface area contributed by atoms with Crippen LogP contribution in [-0.4, -0.2) is 26.2 Å². The average molecular weight is 276 g/mol. The fourth-order valence-corrected chi connectivity index (χ4v) is 3.95. The molecule has 98 valence electrons. The lowest BCUT2D eigenvalue weighted by Gasteiger charge is -2.03. The molecule has 1 rings (SSSR count). The number of nitrogens with one attached hydrogen (secondary N) is 1. The van der Waals surface area contributed by atoms with E-state index >= 15 is 0 Å². The van der Waals surface area contributed by atoms with Crippen LogP contribution in [0.25, 0.3) is 0 Å². The quantitative estimate of drug-likeness (QED) is 0.862. The first-order valence-electron chi connectivity index (χ1n) is 5.73. The Labute approximate surface area is 107 Å². The minimum Gasteiger partial charge on any atom is -0.315 e. The van der Waals surface area contributed by atoms with E-state index in [9.17, 15) is 8.42 Å². The van der Waals surface area contributed by atoms with E-state index in [1.165, 1.54) is 11.3 Å². The number of sulfone groups is 1. The number of thiazole rings is 1. The van der Waals surface area contributed by atoms with Crippen molar-refractivity contribution in [3.63, 3.8) is 0 Å². The minimum absolute atomic E-state index is 0.0671. The third-order valence-corrected chi connectivity index (χ3v) is 5.29. The van der Waals surface area contributed by atoms with E-state index in [0.29, 0.717) is 10.9 Å². The molecular weight excluding hydrogens is 256 g/mol. The molecule has 17 heavy (non-hydrogen) atoms. The third kappa shape index (κ3) is 4.04. The molecule has 0 aliphatic rings. The standard InChI is InChI=1S/C11H20N2O2S2/c1-5-17(14,15)7-10-13-11(8(2)3)9(16-10)6-12-4/h8,12H,5-7H2,1-4H3. The number of aromatic nitrogens is 1. The van der Waals surface area contributed by atoms with Gasteiger partial charge in [-0.05, 0) is 13.0 Å². The minimum atomic E-state index is -2.99. The predicted octanol–water partition coefficient (Wildman–Crippen LogP) is 1.92. The van der Waals surface area contributed by atoms with E-state index in [2.05, 4.69) is 24.1 Å². The summed E-state index contributed by atoms with van der Waals surface area (Å²) in [5.74, 6) is 0.565. The van der Waals surface area contributed by atoms with Crippen LogP contribution >= 0.6 is 11.3 Å². The van der Waals surface area contributed by atoms with Gasteiger partial charge in [0.2, 0.25) is 0 Å². The first-order chi connectivity index (χ1) is 7.89. The zero-order valence-corrected chi connectivity index (χ0v) is 12.4. The second kappa shape index (κ2) is 5.93. The SMILES string of the molecule is CCS(=O)(=O)Cc1nc(C(C)C)c(CNC)s1. The molecule has 1 N–H and O–H groups in total. The number of hydrogen-bond acceptors (Lipinski definition) is 5. The lowest BCUT2D eigenvalue weighted by atomic mass is 10.1. The van der Waals surface area contributed by atoms with Gasteiger partial charge in [-0.1, -0.05) is 20.8 Å². The Kier molecular flexibility index (Phi) is 5.09. The highest BCUT2D eigenvalue weighted by Crippen LogP contribution is 2.26. The van der Waals surface area contributed by atoms with E-state index < -0.39 is 9.84 Å². The van der Waals surface area contributed by atoms with Gasteiger partial charge in [-0.15, -0.1) is 11.3 Å². The maximum absolute atomic E-state index is 11.6. The maximum Gasteiger partial charge on any atom is 0.156 e. The van der Waals surface area contributed by atoms with Crippen molar-refractivity contribution in [2.45, 2.75) is 39.0 Å². The van der Waals surface area contributed by atoms with Crippen LogP contribution in [-0.2, 0) is 22.1 Å². The van der Waals surface area contributed by atoms with Crippen molar-refractivity contribution in [1.82, 2.24) is 10.3 Å². The molecule has 1 heterocycles. The van der Waals surface area contributed by atoms with Crippen molar-refractivity contribution in [3.05, 3.63) is 15.6 Å². The van der Waals surface area contributed by atoms with Gasteiger partial charge in [0.25, 0.3) is 0 Å². The molecule has 0 fully saturated rings. The van der Waals surface area contributed by atoms with Crippen LogP contribution in [0.15, 0.2) is 0 Å².